The fourth-order valence-electron chi connectivity index (χ4n) is 2.67. The zero-order valence-electron chi connectivity index (χ0n) is 12.2. The van der Waals surface area contributed by atoms with Crippen LogP contribution in [-0.4, -0.2) is 52.1 Å². The number of hydrogen-bond donors (Lipinski definition) is 2. The first-order chi connectivity index (χ1) is 9.54. The molecule has 1 aromatic heterocycles. The maximum absolute atomic E-state index is 12.1. The summed E-state index contributed by atoms with van der Waals surface area (Å²) in [6.07, 6.45) is 6.75. The monoisotopic (exact) mass is 280 g/mol. The molecule has 0 saturated heterocycles. The Morgan fingerprint density at radius 3 is 2.85 bits per heavy atom. The van der Waals surface area contributed by atoms with Crippen molar-refractivity contribution in [3.8, 4) is 0 Å². The summed E-state index contributed by atoms with van der Waals surface area (Å²) in [4.78, 5) is 13.8. The van der Waals surface area contributed by atoms with E-state index in [1.807, 2.05) is 19.2 Å². The van der Waals surface area contributed by atoms with E-state index in [0.29, 0.717) is 13.1 Å². The number of nitrogens with zero attached hydrogens (tertiary/aromatic N) is 3. The van der Waals surface area contributed by atoms with E-state index in [-0.39, 0.29) is 24.1 Å². The highest BCUT2D eigenvalue weighted by atomic mass is 16.3. The van der Waals surface area contributed by atoms with Gasteiger partial charge in [0.1, 0.15) is 0 Å². The van der Waals surface area contributed by atoms with E-state index in [1.165, 1.54) is 0 Å². The van der Waals surface area contributed by atoms with E-state index in [4.69, 9.17) is 0 Å². The first-order valence-electron chi connectivity index (χ1n) is 7.15. The molecular formula is C14H24N4O2. The molecule has 1 heterocycles. The van der Waals surface area contributed by atoms with Crippen LogP contribution in [0.4, 0.5) is 4.79 Å². The Labute approximate surface area is 119 Å². The molecule has 2 amide bonds. The number of aliphatic hydroxyl groups is 1. The van der Waals surface area contributed by atoms with Gasteiger partial charge in [0.05, 0.1) is 13.2 Å². The van der Waals surface area contributed by atoms with Crippen molar-refractivity contribution in [2.75, 3.05) is 20.2 Å². The lowest BCUT2D eigenvalue weighted by molar-refractivity contribution is 0.0227. The standard InChI is InChI=1S/C14H24N4O2/c1-12(9-18-8-4-7-15-18)16-13(20)17(2)10-14(11-19)5-3-6-14/h4,7-8,12,19H,3,5-6,9-11H2,1-2H3,(H,16,20). The molecule has 1 aliphatic rings. The maximum atomic E-state index is 12.1. The van der Waals surface area contributed by atoms with Crippen molar-refractivity contribution in [3.05, 3.63) is 18.5 Å². The summed E-state index contributed by atoms with van der Waals surface area (Å²) in [5.74, 6) is 0. The van der Waals surface area contributed by atoms with Gasteiger partial charge >= 0.3 is 6.03 Å². The van der Waals surface area contributed by atoms with Gasteiger partial charge in [-0.15, -0.1) is 0 Å². The molecule has 1 fully saturated rings. The van der Waals surface area contributed by atoms with Gasteiger partial charge in [-0.05, 0) is 25.8 Å². The van der Waals surface area contributed by atoms with Crippen LogP contribution in [0.2, 0.25) is 0 Å². The molecule has 1 aromatic rings. The topological polar surface area (TPSA) is 70.4 Å². The number of rotatable bonds is 6. The normalized spacial score (nSPS) is 18.1. The van der Waals surface area contributed by atoms with Crippen molar-refractivity contribution in [3.63, 3.8) is 0 Å². The van der Waals surface area contributed by atoms with E-state index < -0.39 is 0 Å². The van der Waals surface area contributed by atoms with E-state index in [0.717, 1.165) is 19.3 Å². The SMILES string of the molecule is CC(Cn1cccn1)NC(=O)N(C)CC1(CO)CCC1. The third kappa shape index (κ3) is 3.50. The number of urea groups is 1. The van der Waals surface area contributed by atoms with Crippen molar-refractivity contribution >= 4 is 6.03 Å². The van der Waals surface area contributed by atoms with Gasteiger partial charge in [0.25, 0.3) is 0 Å². The van der Waals surface area contributed by atoms with Crippen LogP contribution in [0.15, 0.2) is 18.5 Å². The van der Waals surface area contributed by atoms with Gasteiger partial charge in [0, 0.05) is 37.4 Å². The van der Waals surface area contributed by atoms with Crippen LogP contribution < -0.4 is 5.32 Å². The molecule has 0 spiro atoms. The lowest BCUT2D eigenvalue weighted by atomic mass is 9.69. The molecule has 0 aliphatic heterocycles. The summed E-state index contributed by atoms with van der Waals surface area (Å²) >= 11 is 0. The second-order valence-corrected chi connectivity index (χ2v) is 5.95. The third-order valence-electron chi connectivity index (χ3n) is 4.06. The predicted octanol–water partition coefficient (Wildman–Crippen LogP) is 1.08. The highest BCUT2D eigenvalue weighted by Crippen LogP contribution is 2.40. The van der Waals surface area contributed by atoms with Crippen molar-refractivity contribution in [2.24, 2.45) is 5.41 Å². The van der Waals surface area contributed by atoms with Crippen LogP contribution in [0.25, 0.3) is 0 Å². The Kier molecular flexibility index (Phi) is 4.65. The summed E-state index contributed by atoms with van der Waals surface area (Å²) in [6.45, 7) is 3.38. The van der Waals surface area contributed by atoms with E-state index in [2.05, 4.69) is 10.4 Å². The summed E-state index contributed by atoms with van der Waals surface area (Å²) in [5, 5.41) is 16.5. The number of amides is 2. The van der Waals surface area contributed by atoms with E-state index >= 15 is 0 Å². The van der Waals surface area contributed by atoms with Crippen LogP contribution in [0.5, 0.6) is 0 Å². The average Bonchev–Trinajstić information content (AvgIpc) is 2.86. The van der Waals surface area contributed by atoms with Gasteiger partial charge in [-0.3, -0.25) is 4.68 Å². The highest BCUT2D eigenvalue weighted by Gasteiger charge is 2.38. The van der Waals surface area contributed by atoms with Gasteiger partial charge in [0.15, 0.2) is 0 Å². The Morgan fingerprint density at radius 2 is 2.35 bits per heavy atom. The molecular weight excluding hydrogens is 256 g/mol. The predicted molar refractivity (Wildman–Crippen MR) is 76.2 cm³/mol. The van der Waals surface area contributed by atoms with E-state index in [9.17, 15) is 9.90 Å². The summed E-state index contributed by atoms with van der Waals surface area (Å²) in [5.41, 5.74) is -0.0721. The lowest BCUT2D eigenvalue weighted by Crippen LogP contribution is -2.50. The minimum Gasteiger partial charge on any atom is -0.396 e. The Balaban J connectivity index is 1.78. The average molecular weight is 280 g/mol. The largest absolute Gasteiger partial charge is 0.396 e. The zero-order valence-corrected chi connectivity index (χ0v) is 12.2. The second kappa shape index (κ2) is 6.26. The van der Waals surface area contributed by atoms with Crippen molar-refractivity contribution in [2.45, 2.75) is 38.8 Å². The van der Waals surface area contributed by atoms with Crippen molar-refractivity contribution in [1.29, 1.82) is 0 Å². The molecule has 2 N–H and O–H groups in total. The number of carbonyl (C=O) groups excluding carboxylic acids is 1. The molecule has 0 bridgehead atoms. The molecule has 2 rings (SSSR count). The molecule has 0 radical (unpaired) electrons. The first-order valence-corrected chi connectivity index (χ1v) is 7.15. The fraction of sp³-hybridized carbons (Fsp3) is 0.714. The van der Waals surface area contributed by atoms with Crippen LogP contribution in [-0.2, 0) is 6.54 Å². The minimum absolute atomic E-state index is 0.0105. The minimum atomic E-state index is -0.0932. The zero-order chi connectivity index (χ0) is 14.6. The summed E-state index contributed by atoms with van der Waals surface area (Å²) in [7, 11) is 1.78. The molecule has 20 heavy (non-hydrogen) atoms. The quantitative estimate of drug-likeness (QED) is 0.819. The molecule has 112 valence electrons. The molecule has 1 saturated carbocycles. The highest BCUT2D eigenvalue weighted by molar-refractivity contribution is 5.74. The number of aliphatic hydroxyl groups excluding tert-OH is 1. The van der Waals surface area contributed by atoms with Crippen molar-refractivity contribution in [1.82, 2.24) is 20.0 Å². The molecule has 1 atom stereocenters. The van der Waals surface area contributed by atoms with Gasteiger partial charge in [-0.25, -0.2) is 4.79 Å². The second-order valence-electron chi connectivity index (χ2n) is 5.95. The van der Waals surface area contributed by atoms with Gasteiger partial charge in [-0.1, -0.05) is 6.42 Å². The molecule has 6 heteroatoms. The van der Waals surface area contributed by atoms with Crippen LogP contribution in [0.3, 0.4) is 0 Å². The smallest absolute Gasteiger partial charge is 0.317 e. The number of carbonyl (C=O) groups is 1. The summed E-state index contributed by atoms with van der Waals surface area (Å²) < 4.78 is 1.80. The van der Waals surface area contributed by atoms with Gasteiger partial charge in [0.2, 0.25) is 0 Å². The molecule has 1 unspecified atom stereocenters. The number of nitrogens with one attached hydrogen (secondary N) is 1. The summed E-state index contributed by atoms with van der Waals surface area (Å²) in [6, 6.07) is 1.78. The van der Waals surface area contributed by atoms with Crippen molar-refractivity contribution < 1.29 is 9.90 Å². The first kappa shape index (κ1) is 14.8. The third-order valence-corrected chi connectivity index (χ3v) is 4.06. The Morgan fingerprint density at radius 1 is 1.60 bits per heavy atom. The van der Waals surface area contributed by atoms with Crippen LogP contribution >= 0.6 is 0 Å². The van der Waals surface area contributed by atoms with Gasteiger partial charge < -0.3 is 15.3 Å². The Bertz CT molecular complexity index is 423. The maximum Gasteiger partial charge on any atom is 0.317 e. The molecule has 0 aromatic carbocycles. The Hall–Kier alpha value is -1.56. The van der Waals surface area contributed by atoms with Crippen LogP contribution in [0, 0.1) is 5.41 Å². The number of hydrogen-bond acceptors (Lipinski definition) is 3. The molecule has 6 nitrogen and oxygen atoms in total. The lowest BCUT2D eigenvalue weighted by Gasteiger charge is -2.42. The van der Waals surface area contributed by atoms with Crippen LogP contribution in [0.1, 0.15) is 26.2 Å². The molecule has 1 aliphatic carbocycles. The fourth-order valence-corrected chi connectivity index (χ4v) is 2.67. The van der Waals surface area contributed by atoms with E-state index in [1.54, 1.807) is 22.8 Å². The van der Waals surface area contributed by atoms with Gasteiger partial charge in [-0.2, -0.15) is 5.10 Å². The number of aromatic nitrogens is 2.